The van der Waals surface area contributed by atoms with E-state index in [0.717, 1.165) is 39.3 Å². The Balaban J connectivity index is 2.01. The summed E-state index contributed by atoms with van der Waals surface area (Å²) < 4.78 is 5.66. The van der Waals surface area contributed by atoms with E-state index in [1.54, 1.807) is 0 Å². The van der Waals surface area contributed by atoms with E-state index in [-0.39, 0.29) is 5.54 Å². The lowest BCUT2D eigenvalue weighted by molar-refractivity contribution is -0.0432. The topological polar surface area (TPSA) is 41.7 Å². The van der Waals surface area contributed by atoms with E-state index < -0.39 is 0 Å². The standard InChI is InChI=1S/C12H25N3O/c1-14-5-3-6-15(8-7-14)12(10-13)4-2-9-16-11-12/h2-11,13H2,1H3. The summed E-state index contributed by atoms with van der Waals surface area (Å²) in [5.41, 5.74) is 6.15. The van der Waals surface area contributed by atoms with Crippen LogP contribution in [-0.4, -0.2) is 68.3 Å². The number of ether oxygens (including phenoxy) is 1. The van der Waals surface area contributed by atoms with E-state index in [1.165, 1.54) is 25.9 Å². The number of likely N-dealkylation sites (N-methyl/N-ethyl adjacent to an activating group) is 1. The summed E-state index contributed by atoms with van der Waals surface area (Å²) in [4.78, 5) is 4.99. The van der Waals surface area contributed by atoms with E-state index in [1.807, 2.05) is 0 Å². The van der Waals surface area contributed by atoms with Crippen molar-refractivity contribution in [1.29, 1.82) is 0 Å². The Bertz CT molecular complexity index is 216. The molecule has 2 fully saturated rings. The van der Waals surface area contributed by atoms with E-state index >= 15 is 0 Å². The average Bonchev–Trinajstić information content (AvgIpc) is 2.55. The van der Waals surface area contributed by atoms with E-state index in [2.05, 4.69) is 16.8 Å². The summed E-state index contributed by atoms with van der Waals surface area (Å²) in [6.45, 7) is 7.14. The molecule has 1 unspecified atom stereocenters. The fourth-order valence-electron chi connectivity index (χ4n) is 2.90. The van der Waals surface area contributed by atoms with Crippen LogP contribution in [0.4, 0.5) is 0 Å². The van der Waals surface area contributed by atoms with Crippen molar-refractivity contribution < 1.29 is 4.74 Å². The van der Waals surface area contributed by atoms with Crippen LogP contribution in [0.15, 0.2) is 0 Å². The van der Waals surface area contributed by atoms with Crippen molar-refractivity contribution >= 4 is 0 Å². The van der Waals surface area contributed by atoms with E-state index in [9.17, 15) is 0 Å². The number of hydrogen-bond donors (Lipinski definition) is 1. The van der Waals surface area contributed by atoms with Gasteiger partial charge in [-0.25, -0.2) is 0 Å². The molecule has 0 aliphatic carbocycles. The van der Waals surface area contributed by atoms with Crippen molar-refractivity contribution in [2.24, 2.45) is 5.73 Å². The van der Waals surface area contributed by atoms with Gasteiger partial charge in [-0.1, -0.05) is 0 Å². The molecule has 1 atom stereocenters. The van der Waals surface area contributed by atoms with Gasteiger partial charge in [0.25, 0.3) is 0 Å². The van der Waals surface area contributed by atoms with Gasteiger partial charge in [0.05, 0.1) is 12.1 Å². The molecule has 2 rings (SSSR count). The molecule has 0 amide bonds. The SMILES string of the molecule is CN1CCCN(C2(CN)CCCOC2)CC1. The zero-order valence-electron chi connectivity index (χ0n) is 10.5. The van der Waals surface area contributed by atoms with Gasteiger partial charge < -0.3 is 15.4 Å². The second kappa shape index (κ2) is 5.45. The van der Waals surface area contributed by atoms with Gasteiger partial charge in [-0.3, -0.25) is 4.90 Å². The van der Waals surface area contributed by atoms with Crippen molar-refractivity contribution in [3.63, 3.8) is 0 Å². The Kier molecular flexibility index (Phi) is 4.19. The molecular weight excluding hydrogens is 202 g/mol. The Labute approximate surface area is 98.7 Å². The second-order valence-corrected chi connectivity index (χ2v) is 5.23. The van der Waals surface area contributed by atoms with Crippen molar-refractivity contribution in [2.45, 2.75) is 24.8 Å². The Morgan fingerprint density at radius 1 is 1.19 bits per heavy atom. The van der Waals surface area contributed by atoms with Crippen molar-refractivity contribution in [2.75, 3.05) is 53.0 Å². The maximum absolute atomic E-state index is 6.02. The van der Waals surface area contributed by atoms with E-state index in [0.29, 0.717) is 0 Å². The third-order valence-electron chi connectivity index (χ3n) is 4.07. The summed E-state index contributed by atoms with van der Waals surface area (Å²) in [6, 6.07) is 0. The van der Waals surface area contributed by atoms with Gasteiger partial charge in [-0.2, -0.15) is 0 Å². The summed E-state index contributed by atoms with van der Waals surface area (Å²) in [7, 11) is 2.20. The maximum atomic E-state index is 6.02. The van der Waals surface area contributed by atoms with Gasteiger partial charge >= 0.3 is 0 Å². The highest BCUT2D eigenvalue weighted by molar-refractivity contribution is 4.94. The average molecular weight is 227 g/mol. The molecule has 0 aromatic heterocycles. The zero-order valence-corrected chi connectivity index (χ0v) is 10.5. The van der Waals surface area contributed by atoms with Crippen molar-refractivity contribution in [3.8, 4) is 0 Å². The van der Waals surface area contributed by atoms with Gasteiger partial charge in [0, 0.05) is 32.8 Å². The lowest BCUT2D eigenvalue weighted by Crippen LogP contribution is -2.59. The molecule has 0 bridgehead atoms. The first-order valence-electron chi connectivity index (χ1n) is 6.48. The smallest absolute Gasteiger partial charge is 0.0662 e. The molecule has 4 heteroatoms. The minimum Gasteiger partial charge on any atom is -0.379 e. The molecule has 2 heterocycles. The van der Waals surface area contributed by atoms with Crippen LogP contribution in [0.3, 0.4) is 0 Å². The highest BCUT2D eigenvalue weighted by atomic mass is 16.5. The molecule has 0 radical (unpaired) electrons. The molecule has 2 aliphatic rings. The quantitative estimate of drug-likeness (QED) is 0.728. The van der Waals surface area contributed by atoms with Crippen LogP contribution < -0.4 is 5.73 Å². The Hall–Kier alpha value is -0.160. The third kappa shape index (κ3) is 2.56. The number of nitrogens with two attached hydrogens (primary N) is 1. The highest BCUT2D eigenvalue weighted by Gasteiger charge is 2.37. The van der Waals surface area contributed by atoms with Gasteiger partial charge in [0.1, 0.15) is 0 Å². The minimum atomic E-state index is 0.128. The van der Waals surface area contributed by atoms with Crippen LogP contribution in [-0.2, 0) is 4.74 Å². The molecule has 4 nitrogen and oxygen atoms in total. The predicted molar refractivity (Wildman–Crippen MR) is 65.5 cm³/mol. The molecule has 94 valence electrons. The molecule has 16 heavy (non-hydrogen) atoms. The number of hydrogen-bond acceptors (Lipinski definition) is 4. The largest absolute Gasteiger partial charge is 0.379 e. The van der Waals surface area contributed by atoms with Gasteiger partial charge in [-0.05, 0) is 32.9 Å². The van der Waals surface area contributed by atoms with Crippen LogP contribution in [0.2, 0.25) is 0 Å². The first-order chi connectivity index (χ1) is 7.77. The van der Waals surface area contributed by atoms with Crippen LogP contribution >= 0.6 is 0 Å². The Morgan fingerprint density at radius 3 is 2.75 bits per heavy atom. The third-order valence-corrected chi connectivity index (χ3v) is 4.07. The summed E-state index contributed by atoms with van der Waals surface area (Å²) in [5, 5.41) is 0. The molecule has 0 saturated carbocycles. The maximum Gasteiger partial charge on any atom is 0.0662 e. The molecular formula is C12H25N3O. The molecule has 2 aliphatic heterocycles. The van der Waals surface area contributed by atoms with Crippen molar-refractivity contribution in [3.05, 3.63) is 0 Å². The van der Waals surface area contributed by atoms with Crippen LogP contribution in [0, 0.1) is 0 Å². The van der Waals surface area contributed by atoms with Crippen molar-refractivity contribution in [1.82, 2.24) is 9.80 Å². The lowest BCUT2D eigenvalue weighted by atomic mass is 9.90. The molecule has 0 aromatic carbocycles. The number of nitrogens with zero attached hydrogens (tertiary/aromatic N) is 2. The Morgan fingerprint density at radius 2 is 2.06 bits per heavy atom. The van der Waals surface area contributed by atoms with Gasteiger partial charge in [-0.15, -0.1) is 0 Å². The second-order valence-electron chi connectivity index (χ2n) is 5.23. The fourth-order valence-corrected chi connectivity index (χ4v) is 2.90. The number of rotatable bonds is 2. The van der Waals surface area contributed by atoms with Gasteiger partial charge in [0.2, 0.25) is 0 Å². The normalized spacial score (nSPS) is 34.9. The summed E-state index contributed by atoms with van der Waals surface area (Å²) in [5.74, 6) is 0. The minimum absolute atomic E-state index is 0.128. The first-order valence-corrected chi connectivity index (χ1v) is 6.48. The van der Waals surface area contributed by atoms with Crippen LogP contribution in [0.1, 0.15) is 19.3 Å². The fraction of sp³-hybridized carbons (Fsp3) is 1.00. The molecule has 2 N–H and O–H groups in total. The summed E-state index contributed by atoms with van der Waals surface area (Å²) in [6.07, 6.45) is 3.61. The molecule has 2 saturated heterocycles. The molecule has 0 spiro atoms. The van der Waals surface area contributed by atoms with Crippen LogP contribution in [0.5, 0.6) is 0 Å². The summed E-state index contributed by atoms with van der Waals surface area (Å²) >= 11 is 0. The first kappa shape index (κ1) is 12.3. The van der Waals surface area contributed by atoms with Gasteiger partial charge in [0.15, 0.2) is 0 Å². The lowest BCUT2D eigenvalue weighted by Gasteiger charge is -2.45. The predicted octanol–water partition coefficient (Wildman–Crippen LogP) is 0.132. The monoisotopic (exact) mass is 227 g/mol. The molecule has 0 aromatic rings. The zero-order chi connectivity index (χ0) is 11.4. The van der Waals surface area contributed by atoms with E-state index in [4.69, 9.17) is 10.5 Å². The van der Waals surface area contributed by atoms with Crippen LogP contribution in [0.25, 0.3) is 0 Å². The highest BCUT2D eigenvalue weighted by Crippen LogP contribution is 2.26.